The Morgan fingerprint density at radius 1 is 0.738 bits per heavy atom. The summed E-state index contributed by atoms with van der Waals surface area (Å²) in [6.07, 6.45) is 29.9. The number of unbranched alkanes of at least 4 members (excludes halogenated alkanes) is 6. The van der Waals surface area contributed by atoms with Crippen LogP contribution in [-0.2, 0) is 14.4 Å². The summed E-state index contributed by atoms with van der Waals surface area (Å²) in [5.41, 5.74) is 2.72. The monoisotopic (exact) mass is 587 g/mol. The predicted octanol–water partition coefficient (Wildman–Crippen LogP) is 12.1. The Bertz CT molecular complexity index is 779. The van der Waals surface area contributed by atoms with E-state index in [-0.39, 0.29) is 5.92 Å². The molecule has 0 amide bonds. The van der Waals surface area contributed by atoms with E-state index in [9.17, 15) is 14.4 Å². The lowest BCUT2D eigenvalue weighted by atomic mass is 9.79. The molecule has 0 heterocycles. The molecule has 0 aromatic carbocycles. The van der Waals surface area contributed by atoms with Gasteiger partial charge in [0.2, 0.25) is 0 Å². The predicted molar refractivity (Wildman–Crippen MR) is 185 cm³/mol. The van der Waals surface area contributed by atoms with E-state index in [4.69, 9.17) is 0 Å². The molecule has 1 fully saturated rings. The number of hydrogen-bond acceptors (Lipinski definition) is 3. The molecule has 2 atom stereocenters. The number of carbonyl (C=O) groups is 3. The molecule has 0 radical (unpaired) electrons. The van der Waals surface area contributed by atoms with Crippen molar-refractivity contribution in [2.24, 2.45) is 17.8 Å². The lowest BCUT2D eigenvalue weighted by molar-refractivity contribution is -0.122. The maximum Gasteiger partial charge on any atom is 0.133 e. The van der Waals surface area contributed by atoms with Gasteiger partial charge in [-0.15, -0.1) is 0 Å². The number of rotatable bonds is 19. The highest BCUT2D eigenvalue weighted by Crippen LogP contribution is 2.30. The molecule has 1 aliphatic carbocycles. The summed E-state index contributed by atoms with van der Waals surface area (Å²) in [6, 6.07) is 0. The van der Waals surface area contributed by atoms with Gasteiger partial charge in [0.05, 0.1) is 0 Å². The second-order valence-electron chi connectivity index (χ2n) is 12.4. The van der Waals surface area contributed by atoms with Crippen LogP contribution >= 0.6 is 0 Å². The second-order valence-corrected chi connectivity index (χ2v) is 12.4. The highest BCUT2D eigenvalue weighted by atomic mass is 16.1. The first-order valence-corrected chi connectivity index (χ1v) is 17.6. The number of allylic oxidation sites excluding steroid dienone is 6. The zero-order chi connectivity index (χ0) is 32.2. The Morgan fingerprint density at radius 2 is 1.36 bits per heavy atom. The fourth-order valence-electron chi connectivity index (χ4n) is 5.46. The maximum absolute atomic E-state index is 11.9. The quantitative estimate of drug-likeness (QED) is 0.112. The van der Waals surface area contributed by atoms with E-state index in [1.54, 1.807) is 20.8 Å². The molecular weight excluding hydrogens is 516 g/mol. The van der Waals surface area contributed by atoms with Gasteiger partial charge in [0.15, 0.2) is 0 Å². The molecule has 0 N–H and O–H groups in total. The van der Waals surface area contributed by atoms with Crippen molar-refractivity contribution in [3.05, 3.63) is 35.5 Å². The van der Waals surface area contributed by atoms with Gasteiger partial charge in [0.25, 0.3) is 0 Å². The first-order chi connectivity index (χ1) is 20.1. The smallest absolute Gasteiger partial charge is 0.133 e. The summed E-state index contributed by atoms with van der Waals surface area (Å²) in [7, 11) is 0. The van der Waals surface area contributed by atoms with Gasteiger partial charge in [-0.3, -0.25) is 9.59 Å². The second kappa shape index (κ2) is 29.3. The van der Waals surface area contributed by atoms with E-state index >= 15 is 0 Å². The fraction of sp³-hybridized carbons (Fsp3) is 0.769. The Hall–Kier alpha value is -1.77. The van der Waals surface area contributed by atoms with Crippen LogP contribution in [-0.4, -0.2) is 17.3 Å². The molecule has 1 rings (SSSR count). The highest BCUT2D eigenvalue weighted by molar-refractivity contribution is 5.79. The molecule has 3 nitrogen and oxygen atoms in total. The normalized spacial score (nSPS) is 15.7. The van der Waals surface area contributed by atoms with Crippen LogP contribution in [0.25, 0.3) is 0 Å². The standard InChI is InChI=1S/C20H34O.C10H18O.C9H18O/c1-6-10-12-15-18(9-4)20(13-8-3)16-19(17(5)21)14-11-7-2;1-8(9(2)11)10-6-4-3-5-7-10;1-3-4-5-6-7-8-9(2)10/h8,12-13,15,19H,6-7,9-11,14,16H2,1-5H3;8,10H,3-7H2,1-2H3;3-8H2,1-2H3/b13-8-,15-12+,20-18+;;/t;8-;/m.1./s1. The van der Waals surface area contributed by atoms with Gasteiger partial charge in [-0.05, 0) is 89.7 Å². The van der Waals surface area contributed by atoms with Crippen molar-refractivity contribution in [2.45, 2.75) is 178 Å². The van der Waals surface area contributed by atoms with Gasteiger partial charge in [-0.25, -0.2) is 0 Å². The third-order valence-corrected chi connectivity index (χ3v) is 8.51. The number of hydrogen-bond donors (Lipinski definition) is 0. The molecule has 0 aromatic heterocycles. The SMILES string of the molecule is CC(=O)[C@@H](C)C1CCCCC1.CCCCCCCC(C)=O.C\C=C/C(CC(CCCC)C(C)=O)=C(\C=C\CCC)CC. The van der Waals surface area contributed by atoms with E-state index in [1.807, 2.05) is 0 Å². The average molecular weight is 587 g/mol. The molecule has 1 aliphatic rings. The summed E-state index contributed by atoms with van der Waals surface area (Å²) in [5, 5.41) is 0. The zero-order valence-electron chi connectivity index (χ0n) is 29.5. The summed E-state index contributed by atoms with van der Waals surface area (Å²) in [5.74, 6) is 2.22. The third-order valence-electron chi connectivity index (χ3n) is 8.51. The molecule has 0 aromatic rings. The van der Waals surface area contributed by atoms with Crippen molar-refractivity contribution in [1.82, 2.24) is 0 Å². The van der Waals surface area contributed by atoms with Crippen molar-refractivity contribution in [1.29, 1.82) is 0 Å². The highest BCUT2D eigenvalue weighted by Gasteiger charge is 2.22. The van der Waals surface area contributed by atoms with Gasteiger partial charge in [0, 0.05) is 18.3 Å². The number of carbonyl (C=O) groups excluding carboxylic acids is 3. The van der Waals surface area contributed by atoms with E-state index in [0.717, 1.165) is 51.4 Å². The molecule has 0 bridgehead atoms. The number of ketones is 3. The minimum absolute atomic E-state index is 0.178. The van der Waals surface area contributed by atoms with Crippen LogP contribution in [0.15, 0.2) is 35.5 Å². The van der Waals surface area contributed by atoms with Crippen LogP contribution in [0.2, 0.25) is 0 Å². The van der Waals surface area contributed by atoms with Crippen LogP contribution in [0.1, 0.15) is 178 Å². The van der Waals surface area contributed by atoms with E-state index in [2.05, 4.69) is 65.8 Å². The first-order valence-electron chi connectivity index (χ1n) is 17.6. The average Bonchev–Trinajstić information content (AvgIpc) is 2.97. The lowest BCUT2D eigenvalue weighted by Crippen LogP contribution is -2.20. The summed E-state index contributed by atoms with van der Waals surface area (Å²) in [6.45, 7) is 18.0. The van der Waals surface area contributed by atoms with E-state index < -0.39 is 0 Å². The Morgan fingerprint density at radius 3 is 1.83 bits per heavy atom. The Kier molecular flexibility index (Phi) is 29.6. The lowest BCUT2D eigenvalue weighted by Gasteiger charge is -2.25. The van der Waals surface area contributed by atoms with Crippen LogP contribution in [0.5, 0.6) is 0 Å². The molecule has 0 saturated heterocycles. The van der Waals surface area contributed by atoms with Gasteiger partial charge in [-0.1, -0.05) is 123 Å². The van der Waals surface area contributed by atoms with Crippen LogP contribution < -0.4 is 0 Å². The molecule has 42 heavy (non-hydrogen) atoms. The van der Waals surface area contributed by atoms with Gasteiger partial charge in [-0.2, -0.15) is 0 Å². The molecule has 0 spiro atoms. The van der Waals surface area contributed by atoms with Crippen LogP contribution in [0.4, 0.5) is 0 Å². The molecule has 3 heteroatoms. The third kappa shape index (κ3) is 23.8. The molecule has 1 saturated carbocycles. The van der Waals surface area contributed by atoms with E-state index in [0.29, 0.717) is 29.2 Å². The summed E-state index contributed by atoms with van der Waals surface area (Å²) in [4.78, 5) is 33.4. The van der Waals surface area contributed by atoms with Crippen molar-refractivity contribution in [3.8, 4) is 0 Å². The van der Waals surface area contributed by atoms with Crippen molar-refractivity contribution >= 4 is 17.3 Å². The minimum Gasteiger partial charge on any atom is -0.300 e. The van der Waals surface area contributed by atoms with Crippen molar-refractivity contribution < 1.29 is 14.4 Å². The van der Waals surface area contributed by atoms with Gasteiger partial charge < -0.3 is 4.79 Å². The van der Waals surface area contributed by atoms with Gasteiger partial charge >= 0.3 is 0 Å². The maximum atomic E-state index is 11.9. The summed E-state index contributed by atoms with van der Waals surface area (Å²) >= 11 is 0. The van der Waals surface area contributed by atoms with Crippen molar-refractivity contribution in [3.63, 3.8) is 0 Å². The Balaban J connectivity index is 0. The van der Waals surface area contributed by atoms with E-state index in [1.165, 1.54) is 75.4 Å². The molecule has 244 valence electrons. The minimum atomic E-state index is 0.178. The number of Topliss-reactive ketones (excluding diaryl/α,β-unsaturated/α-hetero) is 3. The van der Waals surface area contributed by atoms with Gasteiger partial charge in [0.1, 0.15) is 17.3 Å². The molecule has 1 unspecified atom stereocenters. The summed E-state index contributed by atoms with van der Waals surface area (Å²) < 4.78 is 0. The molecule has 0 aliphatic heterocycles. The topological polar surface area (TPSA) is 51.2 Å². The largest absolute Gasteiger partial charge is 0.300 e. The van der Waals surface area contributed by atoms with Crippen LogP contribution in [0, 0.1) is 17.8 Å². The first kappa shape index (κ1) is 42.4. The van der Waals surface area contributed by atoms with Crippen LogP contribution in [0.3, 0.4) is 0 Å². The molecular formula is C39H70O3. The van der Waals surface area contributed by atoms with Crippen molar-refractivity contribution in [2.75, 3.05) is 0 Å². The zero-order valence-corrected chi connectivity index (χ0v) is 29.5. The fourth-order valence-corrected chi connectivity index (χ4v) is 5.46. The Labute approximate surface area is 262 Å².